The molecule has 57 heavy (non-hydrogen) atoms. The average Bonchev–Trinajstić information content (AvgIpc) is 3.69. The minimum Gasteiger partial charge on any atom is -0.379 e. The van der Waals surface area contributed by atoms with E-state index in [0.29, 0.717) is 13.0 Å². The zero-order valence-electron chi connectivity index (χ0n) is 36.8. The van der Waals surface area contributed by atoms with E-state index in [4.69, 9.17) is 9.47 Å². The highest BCUT2D eigenvalue weighted by Crippen LogP contribution is 2.32. The zero-order valence-corrected chi connectivity index (χ0v) is 36.8. The number of carbonyl (C=O) groups is 4. The van der Waals surface area contributed by atoms with Crippen LogP contribution in [-0.2, 0) is 35.1 Å². The van der Waals surface area contributed by atoms with Crippen LogP contribution in [-0.4, -0.2) is 98.4 Å². The van der Waals surface area contributed by atoms with Gasteiger partial charge < -0.3 is 24.6 Å². The molecule has 0 saturated carbocycles. The summed E-state index contributed by atoms with van der Waals surface area (Å²) in [5, 5.41) is 3.13. The lowest BCUT2D eigenvalue weighted by atomic mass is 9.84. The van der Waals surface area contributed by atoms with Gasteiger partial charge in [0.1, 0.15) is 5.78 Å². The Labute approximate surface area is 344 Å². The van der Waals surface area contributed by atoms with Crippen LogP contribution in [0.15, 0.2) is 66.7 Å². The second kappa shape index (κ2) is 23.7. The molecule has 1 heterocycles. The maximum Gasteiger partial charge on any atom is 0.226 e. The molecule has 0 bridgehead atoms. The number of ketones is 2. The largest absolute Gasteiger partial charge is 0.379 e. The summed E-state index contributed by atoms with van der Waals surface area (Å²) in [6.07, 6.45) is 6.87. The Bertz CT molecular complexity index is 1560. The minimum atomic E-state index is -0.568. The number of rotatable bonds is 24. The molecular weight excluding hydrogens is 715 g/mol. The van der Waals surface area contributed by atoms with Gasteiger partial charge in [0, 0.05) is 52.5 Å². The number of likely N-dealkylation sites (N-methyl/N-ethyl adjacent to an activating group) is 2. The number of nitrogens with one attached hydrogen (secondary N) is 1. The number of methoxy groups -OCH3 is 2. The predicted molar refractivity (Wildman–Crippen MR) is 230 cm³/mol. The third-order valence-corrected chi connectivity index (χ3v) is 12.4. The van der Waals surface area contributed by atoms with Gasteiger partial charge in [0.05, 0.1) is 36.8 Å². The molecule has 1 saturated heterocycles. The Morgan fingerprint density at radius 1 is 0.860 bits per heavy atom. The second-order valence-electron chi connectivity index (χ2n) is 17.0. The van der Waals surface area contributed by atoms with Crippen LogP contribution < -0.4 is 5.32 Å². The van der Waals surface area contributed by atoms with E-state index in [0.717, 1.165) is 31.2 Å². The third kappa shape index (κ3) is 13.4. The third-order valence-electron chi connectivity index (χ3n) is 12.4. The van der Waals surface area contributed by atoms with Crippen LogP contribution >= 0.6 is 0 Å². The zero-order chi connectivity index (χ0) is 42.2. The number of likely N-dealkylation sites (tertiary alicyclic amines) is 1. The number of allylic oxidation sites excluding steroid dienone is 1. The minimum absolute atomic E-state index is 0.00520. The Kier molecular flexibility index (Phi) is 19.8. The van der Waals surface area contributed by atoms with Crippen LogP contribution in [0.3, 0.4) is 0 Å². The second-order valence-corrected chi connectivity index (χ2v) is 17.0. The molecule has 0 radical (unpaired) electrons. The van der Waals surface area contributed by atoms with Crippen LogP contribution in [0.2, 0.25) is 0 Å². The Hall–Kier alpha value is -3.66. The number of nitrogens with zero attached hydrogens (tertiary/aromatic N) is 2. The first kappa shape index (κ1) is 47.7. The summed E-state index contributed by atoms with van der Waals surface area (Å²) in [5.74, 6) is -0.891. The monoisotopic (exact) mass is 788 g/mol. The van der Waals surface area contributed by atoms with Gasteiger partial charge in [-0.2, -0.15) is 0 Å². The lowest BCUT2D eigenvalue weighted by molar-refractivity contribution is -0.149. The summed E-state index contributed by atoms with van der Waals surface area (Å²) in [6.45, 7) is 14.6. The van der Waals surface area contributed by atoms with Gasteiger partial charge in [0.25, 0.3) is 0 Å². The van der Waals surface area contributed by atoms with Gasteiger partial charge in [0.2, 0.25) is 11.8 Å². The maximum absolute atomic E-state index is 14.3. The van der Waals surface area contributed by atoms with Crippen LogP contribution in [0.25, 0.3) is 6.08 Å². The standard InChI is InChI=1S/C48H73N3O6/c1-12-34(6)46(50(9)48(55)39(32(2)3)30-42(53)45(49-8)33(4)5)43(56-10)31-44(54)51-27-19-24-40(51)47(57-11)35(7)41(52)29-38(28-37-22-17-14-18-23-37)26-25-36-20-15-13-16-21-36/h13-18,20-23,25-26,32-35,38-40,43,45-47,49H,12,19,24,27-31H2,1-11H3/b26-25+/t34-,35-,38?,39-,40-,43+,45-,46-,47+/m0/s1. The van der Waals surface area contributed by atoms with Crippen LogP contribution in [0.5, 0.6) is 0 Å². The lowest BCUT2D eigenvalue weighted by Crippen LogP contribution is -2.54. The number of hydrogen-bond acceptors (Lipinski definition) is 7. The fraction of sp³-hybridized carbons (Fsp3) is 0.625. The summed E-state index contributed by atoms with van der Waals surface area (Å²) < 4.78 is 12.2. The average molecular weight is 788 g/mol. The summed E-state index contributed by atoms with van der Waals surface area (Å²) in [7, 11) is 6.82. The highest BCUT2D eigenvalue weighted by atomic mass is 16.5. The summed E-state index contributed by atoms with van der Waals surface area (Å²) >= 11 is 0. The van der Waals surface area contributed by atoms with E-state index in [1.807, 2.05) is 75.9 Å². The molecule has 0 aromatic heterocycles. The number of ether oxygens (including phenoxy) is 2. The first-order valence-corrected chi connectivity index (χ1v) is 21.3. The van der Waals surface area contributed by atoms with Crippen molar-refractivity contribution in [3.63, 3.8) is 0 Å². The van der Waals surface area contributed by atoms with Crippen molar-refractivity contribution >= 4 is 29.5 Å². The van der Waals surface area contributed by atoms with Gasteiger partial charge in [-0.15, -0.1) is 0 Å². The molecule has 1 fully saturated rings. The smallest absolute Gasteiger partial charge is 0.226 e. The molecule has 0 aliphatic carbocycles. The lowest BCUT2D eigenvalue weighted by Gasteiger charge is -2.41. The van der Waals surface area contributed by atoms with E-state index >= 15 is 0 Å². The summed E-state index contributed by atoms with van der Waals surface area (Å²) in [5.41, 5.74) is 2.26. The fourth-order valence-electron chi connectivity index (χ4n) is 8.80. The van der Waals surface area contributed by atoms with Crippen molar-refractivity contribution in [2.75, 3.05) is 34.9 Å². The Morgan fingerprint density at radius 2 is 1.49 bits per heavy atom. The molecule has 9 heteroatoms. The van der Waals surface area contributed by atoms with E-state index in [1.54, 1.807) is 33.2 Å². The first-order chi connectivity index (χ1) is 27.2. The molecule has 316 valence electrons. The molecule has 1 aliphatic heterocycles. The molecule has 2 aromatic carbocycles. The molecule has 9 nitrogen and oxygen atoms in total. The van der Waals surface area contributed by atoms with Gasteiger partial charge in [-0.3, -0.25) is 19.2 Å². The molecule has 3 rings (SSSR count). The number of benzene rings is 2. The summed E-state index contributed by atoms with van der Waals surface area (Å²) in [6, 6.07) is 19.4. The molecule has 9 atom stereocenters. The van der Waals surface area contributed by atoms with Crippen molar-refractivity contribution in [1.82, 2.24) is 15.1 Å². The Morgan fingerprint density at radius 3 is 2.04 bits per heavy atom. The first-order valence-electron chi connectivity index (χ1n) is 21.3. The molecule has 1 unspecified atom stereocenters. The number of hydrogen-bond donors (Lipinski definition) is 1. The van der Waals surface area contributed by atoms with Crippen molar-refractivity contribution < 1.29 is 28.7 Å². The highest BCUT2D eigenvalue weighted by molar-refractivity contribution is 5.90. The van der Waals surface area contributed by atoms with Crippen molar-refractivity contribution in [2.45, 2.75) is 124 Å². The fourth-order valence-corrected chi connectivity index (χ4v) is 8.80. The van der Waals surface area contributed by atoms with Crippen molar-refractivity contribution in [1.29, 1.82) is 0 Å². The van der Waals surface area contributed by atoms with E-state index in [-0.39, 0.29) is 78.0 Å². The van der Waals surface area contributed by atoms with Crippen molar-refractivity contribution in [2.24, 2.45) is 35.5 Å². The van der Waals surface area contributed by atoms with E-state index in [9.17, 15) is 19.2 Å². The number of carbonyl (C=O) groups excluding carboxylic acids is 4. The summed E-state index contributed by atoms with van der Waals surface area (Å²) in [4.78, 5) is 59.7. The SMILES string of the molecule is CC[C@H](C)[C@@H]([C@@H](CC(=O)N1CCC[C@H]1[C@H](OC)[C@@H](C)C(=O)CC(/C=C/c1ccccc1)Cc1ccccc1)OC)N(C)C(=O)[C@@H](CC(=O)[C@@H](NC)C(C)C)C(C)C. The van der Waals surface area contributed by atoms with Crippen LogP contribution in [0.4, 0.5) is 0 Å². The predicted octanol–water partition coefficient (Wildman–Crippen LogP) is 7.91. The van der Waals surface area contributed by atoms with Gasteiger partial charge in [0.15, 0.2) is 5.78 Å². The molecular formula is C48H73N3O6. The van der Waals surface area contributed by atoms with Crippen molar-refractivity contribution in [3.8, 4) is 0 Å². The molecule has 0 spiro atoms. The Balaban J connectivity index is 1.79. The van der Waals surface area contributed by atoms with E-state index < -0.39 is 24.0 Å². The highest BCUT2D eigenvalue weighted by Gasteiger charge is 2.43. The molecule has 2 aromatic rings. The van der Waals surface area contributed by atoms with Crippen LogP contribution in [0.1, 0.15) is 98.1 Å². The number of amides is 2. The van der Waals surface area contributed by atoms with E-state index in [1.165, 1.54) is 5.56 Å². The normalized spacial score (nSPS) is 18.9. The van der Waals surface area contributed by atoms with Gasteiger partial charge in [-0.25, -0.2) is 0 Å². The van der Waals surface area contributed by atoms with Gasteiger partial charge >= 0.3 is 0 Å². The molecule has 2 amide bonds. The molecule has 1 aliphatic rings. The maximum atomic E-state index is 14.3. The van der Waals surface area contributed by atoms with Crippen LogP contribution in [0, 0.1) is 35.5 Å². The van der Waals surface area contributed by atoms with Gasteiger partial charge in [-0.1, -0.05) is 128 Å². The number of Topliss-reactive ketones (excluding diaryl/α,β-unsaturated/α-hetero) is 2. The topological polar surface area (TPSA) is 105 Å². The quantitative estimate of drug-likeness (QED) is 0.115. The van der Waals surface area contributed by atoms with E-state index in [2.05, 4.69) is 55.6 Å². The van der Waals surface area contributed by atoms with Crippen molar-refractivity contribution in [3.05, 3.63) is 77.9 Å². The molecule has 1 N–H and O–H groups in total. The van der Waals surface area contributed by atoms with Gasteiger partial charge in [-0.05, 0) is 61.1 Å².